The van der Waals surface area contributed by atoms with Crippen molar-refractivity contribution >= 4 is 29.3 Å². The fourth-order valence-corrected chi connectivity index (χ4v) is 3.62. The summed E-state index contributed by atoms with van der Waals surface area (Å²) in [5.74, 6) is 1.53. The minimum atomic E-state index is -0.0363. The van der Waals surface area contributed by atoms with E-state index in [-0.39, 0.29) is 11.7 Å². The van der Waals surface area contributed by atoms with Gasteiger partial charge in [-0.05, 0) is 30.2 Å². The second kappa shape index (κ2) is 9.61. The zero-order valence-corrected chi connectivity index (χ0v) is 17.3. The fourth-order valence-electron chi connectivity index (χ4n) is 2.70. The average Bonchev–Trinajstić information content (AvgIpc) is 3.07. The van der Waals surface area contributed by atoms with Crippen molar-refractivity contribution < 1.29 is 9.53 Å². The lowest BCUT2D eigenvalue weighted by atomic mass is 10.1. The van der Waals surface area contributed by atoms with Gasteiger partial charge in [-0.3, -0.25) is 4.79 Å². The first-order chi connectivity index (χ1) is 13.6. The van der Waals surface area contributed by atoms with Crippen LogP contribution in [0.1, 0.15) is 5.56 Å². The summed E-state index contributed by atoms with van der Waals surface area (Å²) in [7, 11) is 3.45. The molecule has 0 fully saturated rings. The van der Waals surface area contributed by atoms with Crippen molar-refractivity contribution in [2.75, 3.05) is 19.4 Å². The van der Waals surface area contributed by atoms with Gasteiger partial charge >= 0.3 is 0 Å². The smallest absolute Gasteiger partial charge is 0.230 e. The van der Waals surface area contributed by atoms with Gasteiger partial charge in [-0.2, -0.15) is 0 Å². The van der Waals surface area contributed by atoms with E-state index in [1.54, 1.807) is 25.3 Å². The molecule has 0 saturated heterocycles. The molecule has 0 radical (unpaired) electrons. The summed E-state index contributed by atoms with van der Waals surface area (Å²) in [6, 6.07) is 15.4. The van der Waals surface area contributed by atoms with Crippen LogP contribution < -0.4 is 10.1 Å². The molecule has 2 aromatic carbocycles. The van der Waals surface area contributed by atoms with Crippen LogP contribution in [-0.4, -0.2) is 40.1 Å². The third-order valence-corrected chi connectivity index (χ3v) is 5.40. The highest BCUT2D eigenvalue weighted by Gasteiger charge is 2.16. The van der Waals surface area contributed by atoms with Crippen molar-refractivity contribution in [2.45, 2.75) is 11.6 Å². The Balaban J connectivity index is 1.57. The summed E-state index contributed by atoms with van der Waals surface area (Å²) < 4.78 is 7.22. The maximum atomic E-state index is 12.1. The molecule has 3 aromatic rings. The number of amides is 1. The number of nitrogens with zero attached hydrogens (tertiary/aromatic N) is 3. The summed E-state index contributed by atoms with van der Waals surface area (Å²) in [5.41, 5.74) is 1.95. The van der Waals surface area contributed by atoms with Gasteiger partial charge in [0.15, 0.2) is 11.0 Å². The summed E-state index contributed by atoms with van der Waals surface area (Å²) in [6.45, 7) is 0.604. The molecule has 0 aliphatic rings. The highest BCUT2D eigenvalue weighted by atomic mass is 35.5. The van der Waals surface area contributed by atoms with Crippen LogP contribution in [0.2, 0.25) is 5.02 Å². The van der Waals surface area contributed by atoms with Crippen molar-refractivity contribution in [3.8, 4) is 17.1 Å². The van der Waals surface area contributed by atoms with E-state index in [4.69, 9.17) is 16.3 Å². The molecule has 0 aliphatic heterocycles. The van der Waals surface area contributed by atoms with E-state index < -0.39 is 0 Å². The Morgan fingerprint density at radius 2 is 2.00 bits per heavy atom. The maximum Gasteiger partial charge on any atom is 0.230 e. The fraction of sp³-hybridized carbons (Fsp3) is 0.250. The number of benzene rings is 2. The van der Waals surface area contributed by atoms with Crippen molar-refractivity contribution in [3.05, 3.63) is 59.1 Å². The van der Waals surface area contributed by atoms with E-state index in [0.717, 1.165) is 12.0 Å². The lowest BCUT2D eigenvalue weighted by molar-refractivity contribution is -0.118. The Bertz CT molecular complexity index is 947. The molecule has 1 aromatic heterocycles. The van der Waals surface area contributed by atoms with E-state index in [0.29, 0.717) is 28.3 Å². The number of halogens is 1. The molecule has 1 heterocycles. The monoisotopic (exact) mass is 416 g/mol. The van der Waals surface area contributed by atoms with Gasteiger partial charge in [0.1, 0.15) is 5.75 Å². The molecule has 0 atom stereocenters. The Kier molecular flexibility index (Phi) is 6.95. The Morgan fingerprint density at radius 1 is 1.21 bits per heavy atom. The molecule has 0 bridgehead atoms. The minimum absolute atomic E-state index is 0.0363. The largest absolute Gasteiger partial charge is 0.496 e. The molecule has 0 spiro atoms. The molecule has 1 amide bonds. The molecular formula is C20H21ClN4O2S. The topological polar surface area (TPSA) is 69.0 Å². The molecule has 8 heteroatoms. The molecule has 146 valence electrons. The maximum absolute atomic E-state index is 12.1. The van der Waals surface area contributed by atoms with Gasteiger partial charge in [0.2, 0.25) is 5.91 Å². The predicted molar refractivity (Wildman–Crippen MR) is 112 cm³/mol. The van der Waals surface area contributed by atoms with Gasteiger partial charge in [0.05, 0.1) is 18.4 Å². The zero-order chi connectivity index (χ0) is 19.9. The Morgan fingerprint density at radius 3 is 2.75 bits per heavy atom. The number of aromatic nitrogens is 3. The molecule has 0 unspecified atom stereocenters. The molecule has 28 heavy (non-hydrogen) atoms. The summed E-state index contributed by atoms with van der Waals surface area (Å²) in [6.07, 6.45) is 0.805. The van der Waals surface area contributed by atoms with E-state index in [2.05, 4.69) is 15.5 Å². The second-order valence-corrected chi connectivity index (χ2v) is 7.46. The van der Waals surface area contributed by atoms with Crippen molar-refractivity contribution in [3.63, 3.8) is 0 Å². The molecule has 0 saturated carbocycles. The number of thioether (sulfide) groups is 1. The third-order valence-electron chi connectivity index (χ3n) is 4.15. The van der Waals surface area contributed by atoms with Crippen LogP contribution in [0.25, 0.3) is 11.4 Å². The van der Waals surface area contributed by atoms with E-state index in [1.807, 2.05) is 41.9 Å². The standard InChI is InChI=1S/C20H21ClN4O2S/c1-25-19(16-12-15(21)8-9-17(16)27-2)23-24-20(25)28-13-18(26)22-11-10-14-6-4-3-5-7-14/h3-9,12H,10-11,13H2,1-2H3,(H,22,26). The molecule has 3 rings (SSSR count). The highest BCUT2D eigenvalue weighted by Crippen LogP contribution is 2.32. The van der Waals surface area contributed by atoms with Crippen LogP contribution in [0.4, 0.5) is 0 Å². The van der Waals surface area contributed by atoms with E-state index in [9.17, 15) is 4.79 Å². The lowest BCUT2D eigenvalue weighted by Crippen LogP contribution is -2.27. The molecule has 0 aliphatic carbocycles. The quantitative estimate of drug-likeness (QED) is 0.568. The molecule has 1 N–H and O–H groups in total. The summed E-state index contributed by atoms with van der Waals surface area (Å²) in [5, 5.41) is 12.6. The summed E-state index contributed by atoms with van der Waals surface area (Å²) >= 11 is 7.45. The number of carbonyl (C=O) groups is 1. The number of rotatable bonds is 8. The van der Waals surface area contributed by atoms with Crippen molar-refractivity contribution in [1.29, 1.82) is 0 Å². The molecule has 6 nitrogen and oxygen atoms in total. The number of hydrogen-bond acceptors (Lipinski definition) is 5. The summed E-state index contributed by atoms with van der Waals surface area (Å²) in [4.78, 5) is 12.1. The molecular weight excluding hydrogens is 396 g/mol. The first kappa shape index (κ1) is 20.2. The first-order valence-corrected chi connectivity index (χ1v) is 10.1. The van der Waals surface area contributed by atoms with E-state index >= 15 is 0 Å². The van der Waals surface area contributed by atoms with Gasteiger partial charge < -0.3 is 14.6 Å². The Labute approximate surface area is 173 Å². The van der Waals surface area contributed by atoms with Crippen LogP contribution in [0.15, 0.2) is 53.7 Å². The second-order valence-electron chi connectivity index (χ2n) is 6.08. The third kappa shape index (κ3) is 5.05. The van der Waals surface area contributed by atoms with Crippen LogP contribution in [0.5, 0.6) is 5.75 Å². The average molecular weight is 417 g/mol. The van der Waals surface area contributed by atoms with Gasteiger partial charge in [0.25, 0.3) is 0 Å². The normalized spacial score (nSPS) is 10.7. The van der Waals surface area contributed by atoms with Gasteiger partial charge in [0, 0.05) is 18.6 Å². The van der Waals surface area contributed by atoms with Crippen LogP contribution in [0.3, 0.4) is 0 Å². The van der Waals surface area contributed by atoms with Crippen LogP contribution >= 0.6 is 23.4 Å². The van der Waals surface area contributed by atoms with Crippen LogP contribution in [-0.2, 0) is 18.3 Å². The van der Waals surface area contributed by atoms with Gasteiger partial charge in [-0.15, -0.1) is 10.2 Å². The number of methoxy groups -OCH3 is 1. The van der Waals surface area contributed by atoms with Crippen molar-refractivity contribution in [1.82, 2.24) is 20.1 Å². The van der Waals surface area contributed by atoms with Crippen LogP contribution in [0, 0.1) is 0 Å². The van der Waals surface area contributed by atoms with E-state index in [1.165, 1.54) is 17.3 Å². The zero-order valence-electron chi connectivity index (χ0n) is 15.7. The lowest BCUT2D eigenvalue weighted by Gasteiger charge is -2.09. The number of ether oxygens (including phenoxy) is 1. The van der Waals surface area contributed by atoms with Crippen molar-refractivity contribution in [2.24, 2.45) is 7.05 Å². The van der Waals surface area contributed by atoms with Gasteiger partial charge in [-0.1, -0.05) is 53.7 Å². The highest BCUT2D eigenvalue weighted by molar-refractivity contribution is 7.99. The number of carbonyl (C=O) groups excluding carboxylic acids is 1. The Hall–Kier alpha value is -2.51. The van der Waals surface area contributed by atoms with Gasteiger partial charge in [-0.25, -0.2) is 0 Å². The minimum Gasteiger partial charge on any atom is -0.496 e. The first-order valence-electron chi connectivity index (χ1n) is 8.75. The number of nitrogens with one attached hydrogen (secondary N) is 1. The predicted octanol–water partition coefficient (Wildman–Crippen LogP) is 3.60. The number of hydrogen-bond donors (Lipinski definition) is 1. The SMILES string of the molecule is COc1ccc(Cl)cc1-c1nnc(SCC(=O)NCCc2ccccc2)n1C.